The minimum absolute atomic E-state index is 0. The molecule has 5 heteroatoms. The quantitative estimate of drug-likeness (QED) is 0.456. The Morgan fingerprint density at radius 2 is 1.72 bits per heavy atom. The first kappa shape index (κ1) is 18.0. The van der Waals surface area contributed by atoms with E-state index in [9.17, 15) is 0 Å². The molecule has 1 rings (SSSR count). The van der Waals surface area contributed by atoms with Gasteiger partial charge in [0, 0.05) is 12.1 Å². The van der Waals surface area contributed by atoms with Crippen molar-refractivity contribution in [1.29, 1.82) is 0 Å². The van der Waals surface area contributed by atoms with E-state index in [1.165, 1.54) is 38.8 Å². The molecule has 0 bridgehead atoms. The molecule has 0 spiro atoms. The monoisotopic (exact) mass is 368 g/mol. The van der Waals surface area contributed by atoms with Crippen molar-refractivity contribution in [2.75, 3.05) is 26.2 Å². The van der Waals surface area contributed by atoms with Gasteiger partial charge < -0.3 is 16.0 Å². The van der Waals surface area contributed by atoms with E-state index in [4.69, 9.17) is 5.73 Å². The molecule has 0 radical (unpaired) electrons. The summed E-state index contributed by atoms with van der Waals surface area (Å²) in [5, 5.41) is 3.18. The summed E-state index contributed by atoms with van der Waals surface area (Å²) in [6, 6.07) is 0. The zero-order valence-corrected chi connectivity index (χ0v) is 14.4. The number of aliphatic imine (C=N–C) groups is 1. The highest BCUT2D eigenvalue weighted by molar-refractivity contribution is 14.0. The van der Waals surface area contributed by atoms with Gasteiger partial charge in [-0.1, -0.05) is 12.8 Å². The molecule has 1 fully saturated rings. The second kappa shape index (κ2) is 8.96. The van der Waals surface area contributed by atoms with E-state index in [-0.39, 0.29) is 29.5 Å². The average Bonchev–Trinajstić information content (AvgIpc) is 2.43. The number of nitrogens with one attached hydrogen (secondary N) is 1. The van der Waals surface area contributed by atoms with Crippen molar-refractivity contribution in [3.63, 3.8) is 0 Å². The smallest absolute Gasteiger partial charge is 0.189 e. The highest BCUT2D eigenvalue weighted by Crippen LogP contribution is 2.08. The van der Waals surface area contributed by atoms with Gasteiger partial charge in [-0.25, -0.2) is 0 Å². The van der Waals surface area contributed by atoms with Gasteiger partial charge in [0.05, 0.1) is 6.54 Å². The summed E-state index contributed by atoms with van der Waals surface area (Å²) in [6.45, 7) is 10.5. The summed E-state index contributed by atoms with van der Waals surface area (Å²) in [5.41, 5.74) is 5.82. The standard InChI is InChI=1S/C13H28N4.HI/c1-13(2,3)16-12(14)15-8-11-17-9-6-4-5-7-10-17;/h4-11H2,1-3H3,(H3,14,15,16);1H. The summed E-state index contributed by atoms with van der Waals surface area (Å²) >= 11 is 0. The number of guanidine groups is 1. The van der Waals surface area contributed by atoms with Crippen molar-refractivity contribution in [3.05, 3.63) is 0 Å². The Hall–Kier alpha value is -0.0400. The molecule has 0 aliphatic carbocycles. The first-order chi connectivity index (χ1) is 7.97. The molecule has 0 aromatic rings. The molecule has 4 nitrogen and oxygen atoms in total. The van der Waals surface area contributed by atoms with Gasteiger partial charge in [0.1, 0.15) is 0 Å². The van der Waals surface area contributed by atoms with Crippen molar-refractivity contribution in [2.45, 2.75) is 52.0 Å². The molecule has 108 valence electrons. The molecule has 0 amide bonds. The molecule has 1 saturated heterocycles. The predicted octanol–water partition coefficient (Wildman–Crippen LogP) is 2.18. The fourth-order valence-electron chi connectivity index (χ4n) is 2.10. The molecule has 0 atom stereocenters. The van der Waals surface area contributed by atoms with Crippen LogP contribution >= 0.6 is 24.0 Å². The van der Waals surface area contributed by atoms with Gasteiger partial charge in [-0.15, -0.1) is 24.0 Å². The predicted molar refractivity (Wildman–Crippen MR) is 89.7 cm³/mol. The average molecular weight is 368 g/mol. The Balaban J connectivity index is 0.00000289. The van der Waals surface area contributed by atoms with Crippen LogP contribution in [0.5, 0.6) is 0 Å². The van der Waals surface area contributed by atoms with Crippen LogP contribution in [0.15, 0.2) is 4.99 Å². The second-order valence-electron chi connectivity index (χ2n) is 5.90. The van der Waals surface area contributed by atoms with Gasteiger partial charge in [-0.3, -0.25) is 4.99 Å². The third-order valence-electron chi connectivity index (χ3n) is 2.90. The number of hydrogen-bond donors (Lipinski definition) is 2. The first-order valence-corrected chi connectivity index (χ1v) is 6.78. The summed E-state index contributed by atoms with van der Waals surface area (Å²) in [7, 11) is 0. The minimum atomic E-state index is -0.00378. The maximum absolute atomic E-state index is 5.83. The minimum Gasteiger partial charge on any atom is -0.370 e. The van der Waals surface area contributed by atoms with Crippen LogP contribution in [0.25, 0.3) is 0 Å². The Morgan fingerprint density at radius 3 is 2.22 bits per heavy atom. The van der Waals surface area contributed by atoms with Gasteiger partial charge in [0.15, 0.2) is 5.96 Å². The first-order valence-electron chi connectivity index (χ1n) is 6.78. The molecule has 3 N–H and O–H groups in total. The van der Waals surface area contributed by atoms with Crippen LogP contribution in [-0.2, 0) is 0 Å². The maximum Gasteiger partial charge on any atom is 0.189 e. The lowest BCUT2D eigenvalue weighted by Crippen LogP contribution is -2.45. The Bertz CT molecular complexity index is 240. The lowest BCUT2D eigenvalue weighted by atomic mass is 10.1. The van der Waals surface area contributed by atoms with Crippen molar-refractivity contribution in [3.8, 4) is 0 Å². The summed E-state index contributed by atoms with van der Waals surface area (Å²) in [5.74, 6) is 0.562. The van der Waals surface area contributed by atoms with Gasteiger partial charge >= 0.3 is 0 Å². The fraction of sp³-hybridized carbons (Fsp3) is 0.923. The van der Waals surface area contributed by atoms with Crippen LogP contribution in [0.4, 0.5) is 0 Å². The summed E-state index contributed by atoms with van der Waals surface area (Å²) in [4.78, 5) is 6.88. The molecule has 1 aliphatic rings. The fourth-order valence-corrected chi connectivity index (χ4v) is 2.10. The van der Waals surface area contributed by atoms with Crippen LogP contribution in [0, 0.1) is 0 Å². The normalized spacial score (nSPS) is 18.9. The van der Waals surface area contributed by atoms with E-state index >= 15 is 0 Å². The number of halogens is 1. The summed E-state index contributed by atoms with van der Waals surface area (Å²) < 4.78 is 0. The number of nitrogens with two attached hydrogens (primary N) is 1. The highest BCUT2D eigenvalue weighted by Gasteiger charge is 2.10. The van der Waals surface area contributed by atoms with Gasteiger partial charge in [0.2, 0.25) is 0 Å². The van der Waals surface area contributed by atoms with E-state index in [0.29, 0.717) is 5.96 Å². The van der Waals surface area contributed by atoms with Crippen LogP contribution < -0.4 is 11.1 Å². The number of likely N-dealkylation sites (tertiary alicyclic amines) is 1. The van der Waals surface area contributed by atoms with Gasteiger partial charge in [0.25, 0.3) is 0 Å². The van der Waals surface area contributed by atoms with E-state index in [0.717, 1.165) is 13.1 Å². The highest BCUT2D eigenvalue weighted by atomic mass is 127. The lowest BCUT2D eigenvalue weighted by Gasteiger charge is -2.22. The van der Waals surface area contributed by atoms with Crippen molar-refractivity contribution in [1.82, 2.24) is 10.2 Å². The molecule has 0 unspecified atom stereocenters. The topological polar surface area (TPSA) is 53.6 Å². The van der Waals surface area contributed by atoms with E-state index in [1.54, 1.807) is 0 Å². The molecule has 0 aromatic carbocycles. The van der Waals surface area contributed by atoms with Crippen LogP contribution in [-0.4, -0.2) is 42.6 Å². The van der Waals surface area contributed by atoms with Gasteiger partial charge in [-0.2, -0.15) is 0 Å². The van der Waals surface area contributed by atoms with Crippen LogP contribution in [0.1, 0.15) is 46.5 Å². The zero-order valence-electron chi connectivity index (χ0n) is 12.0. The SMILES string of the molecule is CC(C)(C)NC(N)=NCCN1CCCCCC1.I. The van der Waals surface area contributed by atoms with Crippen LogP contribution in [0.3, 0.4) is 0 Å². The van der Waals surface area contributed by atoms with E-state index in [1.807, 2.05) is 0 Å². The number of nitrogens with zero attached hydrogens (tertiary/aromatic N) is 2. The second-order valence-corrected chi connectivity index (χ2v) is 5.90. The molecule has 0 saturated carbocycles. The number of rotatable bonds is 3. The Morgan fingerprint density at radius 1 is 1.17 bits per heavy atom. The van der Waals surface area contributed by atoms with Gasteiger partial charge in [-0.05, 0) is 46.7 Å². The van der Waals surface area contributed by atoms with Crippen molar-refractivity contribution < 1.29 is 0 Å². The van der Waals surface area contributed by atoms with E-state index in [2.05, 4.69) is 36.0 Å². The number of hydrogen-bond acceptors (Lipinski definition) is 2. The molecular weight excluding hydrogens is 339 g/mol. The molecular formula is C13H29IN4. The Labute approximate surface area is 129 Å². The molecule has 0 aromatic heterocycles. The maximum atomic E-state index is 5.83. The molecule has 1 heterocycles. The van der Waals surface area contributed by atoms with Crippen molar-refractivity contribution in [2.24, 2.45) is 10.7 Å². The lowest BCUT2D eigenvalue weighted by molar-refractivity contribution is 0.293. The van der Waals surface area contributed by atoms with Crippen molar-refractivity contribution >= 4 is 29.9 Å². The zero-order chi connectivity index (χ0) is 12.7. The Kier molecular flexibility index (Phi) is 8.94. The largest absolute Gasteiger partial charge is 0.370 e. The third-order valence-corrected chi connectivity index (χ3v) is 2.90. The van der Waals surface area contributed by atoms with Crippen LogP contribution in [0.2, 0.25) is 0 Å². The third kappa shape index (κ3) is 8.97. The van der Waals surface area contributed by atoms with E-state index < -0.39 is 0 Å². The summed E-state index contributed by atoms with van der Waals surface area (Å²) in [6.07, 6.45) is 5.43. The molecule has 1 aliphatic heterocycles. The molecule has 18 heavy (non-hydrogen) atoms.